The molecular weight excluding hydrogens is 640 g/mol. The lowest BCUT2D eigenvalue weighted by molar-refractivity contribution is -0.684. The molecule has 2 aliphatic heterocycles. The van der Waals surface area contributed by atoms with Crippen LogP contribution in [0.15, 0.2) is 71.1 Å². The van der Waals surface area contributed by atoms with Gasteiger partial charge in [0.1, 0.15) is 6.54 Å². The Morgan fingerprint density at radius 2 is 1.80 bits per heavy atom. The third-order valence-corrected chi connectivity index (χ3v) is 11.2. The zero-order valence-corrected chi connectivity index (χ0v) is 27.3. The molecule has 1 saturated heterocycles. The maximum Gasteiger partial charge on any atom is 0.348 e. The van der Waals surface area contributed by atoms with Crippen molar-refractivity contribution in [3.8, 4) is 16.9 Å². The van der Waals surface area contributed by atoms with Gasteiger partial charge in [-0.25, -0.2) is 8.42 Å². The number of aromatic nitrogens is 1. The van der Waals surface area contributed by atoms with E-state index in [1.165, 1.54) is 6.92 Å². The van der Waals surface area contributed by atoms with Crippen LogP contribution in [-0.4, -0.2) is 50.5 Å². The van der Waals surface area contributed by atoms with Crippen LogP contribution in [0.4, 0.5) is 5.69 Å². The van der Waals surface area contributed by atoms with Crippen molar-refractivity contribution in [2.45, 2.75) is 58.3 Å². The topological polar surface area (TPSA) is 141 Å². The Bertz CT molecular complexity index is 1950. The van der Waals surface area contributed by atoms with E-state index in [1.807, 2.05) is 53.1 Å². The normalized spacial score (nSPS) is 21.7. The van der Waals surface area contributed by atoms with Crippen molar-refractivity contribution in [3.05, 3.63) is 82.9 Å². The molecule has 1 spiro atoms. The van der Waals surface area contributed by atoms with E-state index < -0.39 is 38.3 Å². The third kappa shape index (κ3) is 6.36. The summed E-state index contributed by atoms with van der Waals surface area (Å²) in [5.74, 6) is 0.801. The van der Waals surface area contributed by atoms with E-state index in [0.717, 1.165) is 23.2 Å². The summed E-state index contributed by atoms with van der Waals surface area (Å²) in [5.41, 5.74) is 4.14. The van der Waals surface area contributed by atoms with Gasteiger partial charge in [0, 0.05) is 41.8 Å². The van der Waals surface area contributed by atoms with Crippen molar-refractivity contribution in [1.29, 1.82) is 0 Å². The largest absolute Gasteiger partial charge is 0.773 e. The molecule has 3 heterocycles. The molecule has 45 heavy (non-hydrogen) atoms. The van der Waals surface area contributed by atoms with Gasteiger partial charge in [-0.15, -0.1) is 5.25 Å². The molecule has 0 N–H and O–H groups in total. The fraction of sp³-hybridized carbons (Fsp3) is 0.375. The van der Waals surface area contributed by atoms with Crippen molar-refractivity contribution in [2.75, 3.05) is 12.3 Å². The fourth-order valence-electron chi connectivity index (χ4n) is 6.65. The molecule has 0 aliphatic carbocycles. The number of benzene rings is 3. The molecule has 0 saturated carbocycles. The first-order chi connectivity index (χ1) is 21.3. The van der Waals surface area contributed by atoms with Crippen LogP contribution in [-0.2, 0) is 33.2 Å². The molecule has 1 aromatic heterocycles. The van der Waals surface area contributed by atoms with Gasteiger partial charge in [0.25, 0.3) is 5.52 Å². The molecule has 10 nitrogen and oxygen atoms in total. The zero-order valence-electron chi connectivity index (χ0n) is 24.9. The fourth-order valence-corrected chi connectivity index (χ4v) is 7.90. The van der Waals surface area contributed by atoms with Gasteiger partial charge in [-0.2, -0.15) is 11.5 Å². The van der Waals surface area contributed by atoms with Gasteiger partial charge < -0.3 is 18.3 Å². The molecule has 0 amide bonds. The average molecular weight is 674 g/mol. The minimum absolute atomic E-state index is 0.0175. The molecule has 4 atom stereocenters. The number of hydrogen-bond acceptors (Lipinski definition) is 8. The molecule has 4 unspecified atom stereocenters. The van der Waals surface area contributed by atoms with Crippen LogP contribution in [0.25, 0.3) is 22.2 Å². The molecule has 240 valence electrons. The van der Waals surface area contributed by atoms with Crippen LogP contribution in [0.2, 0.25) is 5.02 Å². The predicted molar refractivity (Wildman–Crippen MR) is 168 cm³/mol. The number of halogens is 1. The number of aryl methyl sites for hydroxylation is 1. The van der Waals surface area contributed by atoms with E-state index in [4.69, 9.17) is 20.8 Å². The summed E-state index contributed by atoms with van der Waals surface area (Å²) in [5, 5.41) is 0.403. The van der Waals surface area contributed by atoms with E-state index in [1.54, 1.807) is 18.2 Å². The Hall–Kier alpha value is -3.00. The summed E-state index contributed by atoms with van der Waals surface area (Å²) in [6.45, 7) is 4.15. The lowest BCUT2D eigenvalue weighted by Crippen LogP contribution is -2.44. The Labute approximate surface area is 268 Å². The summed E-state index contributed by atoms with van der Waals surface area (Å²) in [6, 6.07) is 20.5. The summed E-state index contributed by atoms with van der Waals surface area (Å²) >= 11 is 6.27. The first kappa shape index (κ1) is 32.0. The van der Waals surface area contributed by atoms with E-state index in [-0.39, 0.29) is 28.6 Å². The molecule has 2 aliphatic rings. The van der Waals surface area contributed by atoms with Gasteiger partial charge in [0.05, 0.1) is 16.5 Å². The predicted octanol–water partition coefficient (Wildman–Crippen LogP) is 5.14. The molecular formula is C32H34ClN2O8S2-. The maximum atomic E-state index is 12.1. The number of nitrogens with zero attached hydrogens (tertiary/aromatic N) is 2. The van der Waals surface area contributed by atoms with Gasteiger partial charge in [-0.3, -0.25) is 12.9 Å². The number of quaternary nitrogens is 1. The van der Waals surface area contributed by atoms with Crippen molar-refractivity contribution < 1.29 is 39.7 Å². The van der Waals surface area contributed by atoms with Crippen molar-refractivity contribution in [3.63, 3.8) is 0 Å². The first-order valence-corrected chi connectivity index (χ1v) is 18.2. The Kier molecular flexibility index (Phi) is 8.51. The van der Waals surface area contributed by atoms with Crippen LogP contribution >= 0.6 is 11.6 Å². The van der Waals surface area contributed by atoms with E-state index in [0.29, 0.717) is 47.1 Å². The van der Waals surface area contributed by atoms with Gasteiger partial charge in [-0.05, 0) is 45.4 Å². The van der Waals surface area contributed by atoms with Gasteiger partial charge in [0.15, 0.2) is 18.0 Å². The Balaban J connectivity index is 1.31. The van der Waals surface area contributed by atoms with Crippen molar-refractivity contribution >= 4 is 48.6 Å². The second-order valence-electron chi connectivity index (χ2n) is 11.9. The lowest BCUT2D eigenvalue weighted by Gasteiger charge is -2.32. The highest BCUT2D eigenvalue weighted by Gasteiger charge is 2.64. The van der Waals surface area contributed by atoms with Crippen molar-refractivity contribution in [1.82, 2.24) is 4.48 Å². The highest BCUT2D eigenvalue weighted by atomic mass is 35.5. The number of ether oxygens (including phenoxy) is 1. The standard InChI is InChI=1S/C32H35ClN2O8S2/c1-3-22(16-31-34(14-7-15-44(36,37)38)26-19-25(33)11-13-29(26)42-31)17-32-35(20-28(35)21(2)45(39,40)41)27-18-24(10-12-30(27)43-32)23-8-5-4-6-9-23/h4-6,8-13,18-19,22,28,32H,3,7,14-17,20H2,1-2H3,(H-,36,37,38,39,40,41)/p-1. The summed E-state index contributed by atoms with van der Waals surface area (Å²) < 4.78 is 85.2. The van der Waals surface area contributed by atoms with Crippen LogP contribution < -0.4 is 13.8 Å². The molecule has 0 bridgehead atoms. The minimum Gasteiger partial charge on any atom is -0.773 e. The zero-order chi connectivity index (χ0) is 32.1. The monoisotopic (exact) mass is 673 g/mol. The molecule has 13 heteroatoms. The number of rotatable bonds is 12. The van der Waals surface area contributed by atoms with Crippen LogP contribution in [0.1, 0.15) is 39.0 Å². The highest BCUT2D eigenvalue weighted by molar-refractivity contribution is 7.88. The summed E-state index contributed by atoms with van der Waals surface area (Å²) in [4.78, 5) is 0. The second kappa shape index (κ2) is 12.0. The lowest BCUT2D eigenvalue weighted by atomic mass is 9.96. The first-order valence-electron chi connectivity index (χ1n) is 14.9. The molecule has 4 aromatic rings. The van der Waals surface area contributed by atoms with Crippen LogP contribution in [0, 0.1) is 11.2 Å². The number of oxazole rings is 1. The maximum absolute atomic E-state index is 12.1. The van der Waals surface area contributed by atoms with Gasteiger partial charge in [0.2, 0.25) is 11.8 Å². The molecule has 1 fully saturated rings. The van der Waals surface area contributed by atoms with Crippen LogP contribution in [0.5, 0.6) is 5.75 Å². The minimum atomic E-state index is -4.62. The Morgan fingerprint density at radius 3 is 2.49 bits per heavy atom. The smallest absolute Gasteiger partial charge is 0.348 e. The van der Waals surface area contributed by atoms with E-state index >= 15 is 0 Å². The summed E-state index contributed by atoms with van der Waals surface area (Å²) in [6.07, 6.45) is 1.45. The number of fused-ring (bicyclic) bond motifs is 3. The average Bonchev–Trinajstić information content (AvgIpc) is 3.55. The highest BCUT2D eigenvalue weighted by Crippen LogP contribution is 2.57. The second-order valence-corrected chi connectivity index (χ2v) is 15.4. The van der Waals surface area contributed by atoms with Crippen molar-refractivity contribution in [2.24, 2.45) is 5.92 Å². The molecule has 6 rings (SSSR count). The van der Waals surface area contributed by atoms with Gasteiger partial charge in [-0.1, -0.05) is 61.3 Å². The van der Waals surface area contributed by atoms with E-state index in [9.17, 15) is 25.9 Å². The molecule has 0 radical (unpaired) electrons. The SMILES string of the molecule is CCC(Cc1oc2ccc(Cl)cc2[n+]1CCCS(=O)(=O)[O-])CC1Oc2ccc(-c3ccccc3)cc2[N+]12CC2[C-](C)S(=O)(=O)[O-]. The summed E-state index contributed by atoms with van der Waals surface area (Å²) in [7, 11) is -8.99. The number of hydrogen-bond donors (Lipinski definition) is 0. The quantitative estimate of drug-likeness (QED) is 0.0662. The third-order valence-electron chi connectivity index (χ3n) is 9.14. The Morgan fingerprint density at radius 1 is 1.04 bits per heavy atom. The molecule has 3 aromatic carbocycles. The van der Waals surface area contributed by atoms with Gasteiger partial charge >= 0.3 is 5.89 Å². The van der Waals surface area contributed by atoms with Crippen LogP contribution in [0.3, 0.4) is 0 Å². The van der Waals surface area contributed by atoms with E-state index in [2.05, 4.69) is 6.92 Å².